The summed E-state index contributed by atoms with van der Waals surface area (Å²) in [5.74, 6) is 1.33. The molecule has 1 atom stereocenters. The van der Waals surface area contributed by atoms with Gasteiger partial charge in [0.15, 0.2) is 0 Å². The number of hydrazine groups is 1. The van der Waals surface area contributed by atoms with Crippen molar-refractivity contribution in [2.24, 2.45) is 0 Å². The normalized spacial score (nSPS) is 13.2. The third kappa shape index (κ3) is 6.66. The zero-order valence-corrected chi connectivity index (χ0v) is 13.2. The van der Waals surface area contributed by atoms with Gasteiger partial charge < -0.3 is 0 Å². The molecule has 0 spiro atoms. The smallest absolute Gasteiger partial charge is 0.287 e. The highest BCUT2D eigenvalue weighted by atomic mass is 19.4. The van der Waals surface area contributed by atoms with Gasteiger partial charge in [-0.1, -0.05) is 0 Å². The second-order valence-corrected chi connectivity index (χ2v) is 5.39. The van der Waals surface area contributed by atoms with Gasteiger partial charge in [0.2, 0.25) is 0 Å². The van der Waals surface area contributed by atoms with Crippen LogP contribution in [0.25, 0.3) is 0 Å². The van der Waals surface area contributed by atoms with Gasteiger partial charge in [-0.25, -0.2) is 5.43 Å². The molecule has 3 nitrogen and oxygen atoms in total. The van der Waals surface area contributed by atoms with E-state index in [-0.39, 0.29) is 12.1 Å². The van der Waals surface area contributed by atoms with Crippen molar-refractivity contribution in [3.8, 4) is 12.3 Å². The van der Waals surface area contributed by atoms with E-state index in [4.69, 9.17) is 6.42 Å². The molecule has 0 heterocycles. The number of unbranched alkanes of at least 4 members (excludes halogenated alkanes) is 1. The summed E-state index contributed by atoms with van der Waals surface area (Å²) in [5.41, 5.74) is 0.795. The second-order valence-electron chi connectivity index (χ2n) is 5.39. The Morgan fingerprint density at radius 3 is 2.08 bits per heavy atom. The maximum absolute atomic E-state index is 12.8. The highest BCUT2D eigenvalue weighted by Crippen LogP contribution is 2.36. The van der Waals surface area contributed by atoms with Gasteiger partial charge in [-0.3, -0.25) is 10.2 Å². The molecule has 0 aliphatic carbocycles. The number of carbonyl (C=O) groups excluding carboxylic acids is 1. The largest absolute Gasteiger partial charge is 0.416 e. The van der Waals surface area contributed by atoms with Crippen molar-refractivity contribution in [3.05, 3.63) is 34.9 Å². The van der Waals surface area contributed by atoms with Crippen molar-refractivity contribution in [2.75, 3.05) is 0 Å². The zero-order valence-electron chi connectivity index (χ0n) is 13.2. The van der Waals surface area contributed by atoms with Crippen LogP contribution in [0.15, 0.2) is 18.2 Å². The van der Waals surface area contributed by atoms with Crippen LogP contribution in [0, 0.1) is 12.3 Å². The third-order valence-electron chi connectivity index (χ3n) is 3.24. The van der Waals surface area contributed by atoms with E-state index in [9.17, 15) is 31.1 Å². The number of hydrogen-bond acceptors (Lipinski definition) is 2. The van der Waals surface area contributed by atoms with Gasteiger partial charge in [-0.05, 0) is 38.0 Å². The quantitative estimate of drug-likeness (QED) is 0.344. The van der Waals surface area contributed by atoms with Crippen LogP contribution in [-0.2, 0) is 12.4 Å². The van der Waals surface area contributed by atoms with E-state index in [2.05, 4.69) is 16.8 Å². The predicted molar refractivity (Wildman–Crippen MR) is 79.2 cm³/mol. The molecule has 0 bridgehead atoms. The molecule has 0 aromatic heterocycles. The summed E-state index contributed by atoms with van der Waals surface area (Å²) in [6, 6.07) is 0.446. The topological polar surface area (TPSA) is 41.1 Å². The SMILES string of the molecule is C#CCCCC(C)NNC(=O)c1cc(C(F)(F)F)cc(C(F)(F)F)c1. The van der Waals surface area contributed by atoms with Gasteiger partial charge in [0, 0.05) is 18.0 Å². The molecule has 0 saturated heterocycles. The van der Waals surface area contributed by atoms with E-state index in [1.807, 2.05) is 0 Å². The van der Waals surface area contributed by atoms with Crippen LogP contribution in [0.2, 0.25) is 0 Å². The molecule has 1 unspecified atom stereocenters. The van der Waals surface area contributed by atoms with E-state index in [0.717, 1.165) is 0 Å². The van der Waals surface area contributed by atoms with E-state index < -0.39 is 35.0 Å². The summed E-state index contributed by atoms with van der Waals surface area (Å²) >= 11 is 0. The molecule has 1 rings (SSSR count). The van der Waals surface area contributed by atoms with Crippen LogP contribution in [-0.4, -0.2) is 11.9 Å². The first-order valence-corrected chi connectivity index (χ1v) is 7.24. The van der Waals surface area contributed by atoms with Crippen LogP contribution < -0.4 is 10.9 Å². The number of alkyl halides is 6. The second kappa shape index (κ2) is 8.25. The van der Waals surface area contributed by atoms with Crippen molar-refractivity contribution in [1.29, 1.82) is 0 Å². The summed E-state index contributed by atoms with van der Waals surface area (Å²) in [6.45, 7) is 1.68. The molecule has 138 valence electrons. The number of carbonyl (C=O) groups is 1. The third-order valence-corrected chi connectivity index (χ3v) is 3.24. The summed E-state index contributed by atoms with van der Waals surface area (Å²) in [6.07, 6.45) is -3.19. The monoisotopic (exact) mass is 366 g/mol. The fourth-order valence-corrected chi connectivity index (χ4v) is 1.93. The first kappa shape index (κ1) is 20.8. The number of rotatable bonds is 6. The van der Waals surface area contributed by atoms with Gasteiger partial charge in [0.1, 0.15) is 0 Å². The Morgan fingerprint density at radius 1 is 1.12 bits per heavy atom. The van der Waals surface area contributed by atoms with Crippen LogP contribution >= 0.6 is 0 Å². The lowest BCUT2D eigenvalue weighted by atomic mass is 10.0. The lowest BCUT2D eigenvalue weighted by Crippen LogP contribution is -2.43. The maximum Gasteiger partial charge on any atom is 0.416 e. The number of nitrogens with one attached hydrogen (secondary N) is 2. The van der Waals surface area contributed by atoms with Crippen LogP contribution in [0.5, 0.6) is 0 Å². The van der Waals surface area contributed by atoms with Gasteiger partial charge in [-0.2, -0.15) is 26.3 Å². The summed E-state index contributed by atoms with van der Waals surface area (Å²) in [5, 5.41) is 0. The maximum atomic E-state index is 12.8. The molecule has 0 aliphatic rings. The molecule has 0 fully saturated rings. The van der Waals surface area contributed by atoms with Crippen LogP contribution in [0.3, 0.4) is 0 Å². The Hall–Kier alpha value is -2.21. The minimum atomic E-state index is -5.01. The highest BCUT2D eigenvalue weighted by Gasteiger charge is 2.37. The Kier molecular flexibility index (Phi) is 6.87. The molecular formula is C16H16F6N2O. The fourth-order valence-electron chi connectivity index (χ4n) is 1.93. The first-order valence-electron chi connectivity index (χ1n) is 7.24. The Morgan fingerprint density at radius 2 is 1.64 bits per heavy atom. The average molecular weight is 366 g/mol. The molecule has 1 aromatic rings. The number of amides is 1. The number of hydrogen-bond donors (Lipinski definition) is 2. The fraction of sp³-hybridized carbons (Fsp3) is 0.438. The van der Waals surface area contributed by atoms with Crippen LogP contribution in [0.4, 0.5) is 26.3 Å². The lowest BCUT2D eigenvalue weighted by Gasteiger charge is -2.16. The summed E-state index contributed by atoms with van der Waals surface area (Å²) in [4.78, 5) is 11.9. The van der Waals surface area contributed by atoms with Crippen LogP contribution in [0.1, 0.15) is 47.7 Å². The summed E-state index contributed by atoms with van der Waals surface area (Å²) < 4.78 is 76.5. The molecule has 1 amide bonds. The van der Waals surface area contributed by atoms with Crippen molar-refractivity contribution in [2.45, 2.75) is 44.6 Å². The Labute approximate surface area is 140 Å². The minimum Gasteiger partial charge on any atom is -0.287 e. The molecule has 2 N–H and O–H groups in total. The van der Waals surface area contributed by atoms with Crippen molar-refractivity contribution >= 4 is 5.91 Å². The molecule has 1 aromatic carbocycles. The first-order chi connectivity index (χ1) is 11.4. The standard InChI is InChI=1S/C16H16F6N2O/c1-3-4-5-6-10(2)23-24-14(25)11-7-12(15(17,18)19)9-13(8-11)16(20,21)22/h1,7-10,23H,4-6H2,2H3,(H,24,25). The van der Waals surface area contributed by atoms with Crippen molar-refractivity contribution in [1.82, 2.24) is 10.9 Å². The van der Waals surface area contributed by atoms with Gasteiger partial charge in [-0.15, -0.1) is 12.3 Å². The van der Waals surface area contributed by atoms with Crippen molar-refractivity contribution in [3.63, 3.8) is 0 Å². The average Bonchev–Trinajstić information content (AvgIpc) is 2.50. The number of terminal acetylenes is 1. The van der Waals surface area contributed by atoms with E-state index in [1.165, 1.54) is 0 Å². The van der Waals surface area contributed by atoms with Gasteiger partial charge in [0.05, 0.1) is 11.1 Å². The number of benzene rings is 1. The molecule has 9 heteroatoms. The Balaban J connectivity index is 2.92. The summed E-state index contributed by atoms with van der Waals surface area (Å²) in [7, 11) is 0. The molecule has 0 radical (unpaired) electrons. The van der Waals surface area contributed by atoms with Crippen molar-refractivity contribution < 1.29 is 31.1 Å². The molecular weight excluding hydrogens is 350 g/mol. The van der Waals surface area contributed by atoms with Gasteiger partial charge in [0.25, 0.3) is 5.91 Å². The molecule has 25 heavy (non-hydrogen) atoms. The molecule has 0 saturated carbocycles. The number of halogens is 6. The van der Waals surface area contributed by atoms with E-state index in [1.54, 1.807) is 6.92 Å². The minimum absolute atomic E-state index is 0.0351. The van der Waals surface area contributed by atoms with E-state index >= 15 is 0 Å². The predicted octanol–water partition coefficient (Wildman–Crippen LogP) is 4.15. The lowest BCUT2D eigenvalue weighted by molar-refractivity contribution is -0.143. The molecule has 0 aliphatic heterocycles. The van der Waals surface area contributed by atoms with Gasteiger partial charge >= 0.3 is 12.4 Å². The highest BCUT2D eigenvalue weighted by molar-refractivity contribution is 5.94. The zero-order chi connectivity index (χ0) is 19.3. The Bertz CT molecular complexity index is 613. The van der Waals surface area contributed by atoms with E-state index in [0.29, 0.717) is 31.4 Å².